The Bertz CT molecular complexity index is 612. The normalized spacial score (nSPS) is 10.8. The van der Waals surface area contributed by atoms with Gasteiger partial charge in [0.2, 0.25) is 0 Å². The summed E-state index contributed by atoms with van der Waals surface area (Å²) in [7, 11) is 0. The average molecular weight is 341 g/mol. The summed E-state index contributed by atoms with van der Waals surface area (Å²) in [6, 6.07) is 3.60. The standard InChI is InChI=1S/C12H13BrN4OS/c1-6(2)10-11(19-17-16-10)12(18)15-8-4-5-9(13)14-7(8)3/h4-6H,1-3H3,(H,15,18). The van der Waals surface area contributed by atoms with E-state index in [2.05, 4.69) is 35.8 Å². The van der Waals surface area contributed by atoms with Crippen molar-refractivity contribution in [2.24, 2.45) is 0 Å². The van der Waals surface area contributed by atoms with E-state index in [0.717, 1.165) is 27.5 Å². The first-order chi connectivity index (χ1) is 8.99. The number of amides is 1. The number of nitrogens with one attached hydrogen (secondary N) is 1. The van der Waals surface area contributed by atoms with Gasteiger partial charge in [-0.3, -0.25) is 4.79 Å². The SMILES string of the molecule is Cc1nc(Br)ccc1NC(=O)c1snnc1C(C)C. The van der Waals surface area contributed by atoms with Crippen molar-refractivity contribution in [3.8, 4) is 0 Å². The maximum Gasteiger partial charge on any atom is 0.269 e. The Morgan fingerprint density at radius 1 is 1.42 bits per heavy atom. The highest BCUT2D eigenvalue weighted by Crippen LogP contribution is 2.22. The molecule has 0 aliphatic rings. The highest BCUT2D eigenvalue weighted by molar-refractivity contribution is 9.10. The summed E-state index contributed by atoms with van der Waals surface area (Å²) in [4.78, 5) is 17.0. The first-order valence-corrected chi connectivity index (χ1v) is 7.32. The van der Waals surface area contributed by atoms with E-state index >= 15 is 0 Å². The van der Waals surface area contributed by atoms with Gasteiger partial charge in [-0.15, -0.1) is 5.10 Å². The van der Waals surface area contributed by atoms with Gasteiger partial charge >= 0.3 is 0 Å². The van der Waals surface area contributed by atoms with E-state index in [-0.39, 0.29) is 11.8 Å². The van der Waals surface area contributed by atoms with E-state index in [1.165, 1.54) is 0 Å². The van der Waals surface area contributed by atoms with Gasteiger partial charge in [0.1, 0.15) is 9.48 Å². The van der Waals surface area contributed by atoms with Crippen LogP contribution in [0.4, 0.5) is 5.69 Å². The molecule has 0 radical (unpaired) electrons. The summed E-state index contributed by atoms with van der Waals surface area (Å²) in [5.74, 6) is -0.0189. The van der Waals surface area contributed by atoms with Gasteiger partial charge in [-0.25, -0.2) is 4.98 Å². The van der Waals surface area contributed by atoms with Gasteiger partial charge in [0.25, 0.3) is 5.91 Å². The summed E-state index contributed by atoms with van der Waals surface area (Å²) in [5, 5.41) is 6.84. The van der Waals surface area contributed by atoms with Crippen molar-refractivity contribution < 1.29 is 4.79 Å². The molecule has 2 rings (SSSR count). The van der Waals surface area contributed by atoms with Crippen molar-refractivity contribution in [3.05, 3.63) is 33.0 Å². The molecule has 7 heteroatoms. The van der Waals surface area contributed by atoms with Gasteiger partial charge in [0.15, 0.2) is 0 Å². The maximum absolute atomic E-state index is 12.2. The van der Waals surface area contributed by atoms with E-state index < -0.39 is 0 Å². The van der Waals surface area contributed by atoms with E-state index in [4.69, 9.17) is 0 Å². The molecule has 100 valence electrons. The fourth-order valence-corrected chi connectivity index (χ4v) is 2.69. The molecule has 1 amide bonds. The Balaban J connectivity index is 2.23. The number of aryl methyl sites for hydroxylation is 1. The quantitative estimate of drug-likeness (QED) is 0.869. The van der Waals surface area contributed by atoms with Gasteiger partial charge in [0, 0.05) is 0 Å². The lowest BCUT2D eigenvalue weighted by molar-refractivity contribution is 0.102. The average Bonchev–Trinajstić information content (AvgIpc) is 2.82. The van der Waals surface area contributed by atoms with Gasteiger partial charge in [0.05, 0.1) is 17.1 Å². The maximum atomic E-state index is 12.2. The Labute approximate surface area is 123 Å². The zero-order valence-electron chi connectivity index (χ0n) is 10.8. The molecule has 5 nitrogen and oxygen atoms in total. The van der Waals surface area contributed by atoms with Gasteiger partial charge < -0.3 is 5.32 Å². The predicted octanol–water partition coefficient (Wildman–Crippen LogP) is 3.38. The fraction of sp³-hybridized carbons (Fsp3) is 0.333. The molecule has 0 bridgehead atoms. The second-order valence-corrected chi connectivity index (χ2v) is 5.93. The molecule has 0 atom stereocenters. The molecule has 0 unspecified atom stereocenters. The topological polar surface area (TPSA) is 67.8 Å². The highest BCUT2D eigenvalue weighted by Gasteiger charge is 2.19. The van der Waals surface area contributed by atoms with Crippen LogP contribution in [0.5, 0.6) is 0 Å². The van der Waals surface area contributed by atoms with Crippen LogP contribution < -0.4 is 5.32 Å². The lowest BCUT2D eigenvalue weighted by Gasteiger charge is -2.08. The third-order valence-electron chi connectivity index (χ3n) is 2.57. The first-order valence-electron chi connectivity index (χ1n) is 5.75. The van der Waals surface area contributed by atoms with Crippen molar-refractivity contribution in [2.75, 3.05) is 5.32 Å². The Morgan fingerprint density at radius 3 is 2.79 bits per heavy atom. The summed E-state index contributed by atoms with van der Waals surface area (Å²) < 4.78 is 4.59. The van der Waals surface area contributed by atoms with Crippen LogP contribution in [-0.4, -0.2) is 20.5 Å². The summed E-state index contributed by atoms with van der Waals surface area (Å²) in [6.07, 6.45) is 0. The lowest BCUT2D eigenvalue weighted by atomic mass is 10.1. The molecule has 0 spiro atoms. The molecule has 1 N–H and O–H groups in total. The molecule has 2 aromatic rings. The third-order valence-corrected chi connectivity index (χ3v) is 3.75. The van der Waals surface area contributed by atoms with Crippen molar-refractivity contribution in [2.45, 2.75) is 26.7 Å². The molecule has 2 heterocycles. The number of aromatic nitrogens is 3. The van der Waals surface area contributed by atoms with Crippen LogP contribution in [0.15, 0.2) is 16.7 Å². The van der Waals surface area contributed by atoms with E-state index in [0.29, 0.717) is 10.6 Å². The number of nitrogens with zero attached hydrogens (tertiary/aromatic N) is 3. The van der Waals surface area contributed by atoms with Crippen molar-refractivity contribution >= 4 is 39.1 Å². The Morgan fingerprint density at radius 2 is 2.16 bits per heavy atom. The number of carbonyl (C=O) groups excluding carboxylic acids is 1. The molecule has 2 aromatic heterocycles. The monoisotopic (exact) mass is 340 g/mol. The van der Waals surface area contributed by atoms with Gasteiger partial charge in [-0.05, 0) is 52.4 Å². The summed E-state index contributed by atoms with van der Waals surface area (Å²) in [6.45, 7) is 5.81. The number of carbonyl (C=O) groups is 1. The van der Waals surface area contributed by atoms with E-state index in [1.54, 1.807) is 6.07 Å². The minimum atomic E-state index is -0.189. The third kappa shape index (κ3) is 3.16. The van der Waals surface area contributed by atoms with Crippen LogP contribution in [0.3, 0.4) is 0 Å². The van der Waals surface area contributed by atoms with Crippen molar-refractivity contribution in [3.63, 3.8) is 0 Å². The lowest BCUT2D eigenvalue weighted by Crippen LogP contribution is -2.14. The van der Waals surface area contributed by atoms with Crippen molar-refractivity contribution in [1.29, 1.82) is 0 Å². The van der Waals surface area contributed by atoms with E-state index in [9.17, 15) is 4.79 Å². The number of rotatable bonds is 3. The summed E-state index contributed by atoms with van der Waals surface area (Å²) >= 11 is 4.40. The predicted molar refractivity (Wildman–Crippen MR) is 78.6 cm³/mol. The summed E-state index contributed by atoms with van der Waals surface area (Å²) in [5.41, 5.74) is 2.17. The molecule has 0 aliphatic heterocycles. The van der Waals surface area contributed by atoms with Gasteiger partial charge in [-0.2, -0.15) is 0 Å². The Kier molecular flexibility index (Phi) is 4.26. The molecule has 0 aliphatic carbocycles. The largest absolute Gasteiger partial charge is 0.320 e. The molecular formula is C12H13BrN4OS. The Hall–Kier alpha value is -1.34. The zero-order valence-corrected chi connectivity index (χ0v) is 13.2. The minimum Gasteiger partial charge on any atom is -0.320 e. The van der Waals surface area contributed by atoms with Gasteiger partial charge in [-0.1, -0.05) is 18.3 Å². The first kappa shape index (κ1) is 14.1. The molecule has 0 fully saturated rings. The number of halogens is 1. The number of hydrogen-bond acceptors (Lipinski definition) is 5. The molecule has 0 saturated carbocycles. The molecule has 0 saturated heterocycles. The molecule has 19 heavy (non-hydrogen) atoms. The molecule has 0 aromatic carbocycles. The highest BCUT2D eigenvalue weighted by atomic mass is 79.9. The second-order valence-electron chi connectivity index (χ2n) is 4.36. The second kappa shape index (κ2) is 5.75. The van der Waals surface area contributed by atoms with Crippen LogP contribution in [0.25, 0.3) is 0 Å². The van der Waals surface area contributed by atoms with Crippen LogP contribution in [0.1, 0.15) is 40.8 Å². The van der Waals surface area contributed by atoms with Crippen molar-refractivity contribution in [1.82, 2.24) is 14.6 Å². The van der Waals surface area contributed by atoms with Crippen LogP contribution in [0, 0.1) is 6.92 Å². The number of hydrogen-bond donors (Lipinski definition) is 1. The van der Waals surface area contributed by atoms with Crippen LogP contribution in [-0.2, 0) is 0 Å². The minimum absolute atomic E-state index is 0.170. The fourth-order valence-electron chi connectivity index (χ4n) is 1.57. The smallest absolute Gasteiger partial charge is 0.269 e. The number of pyridine rings is 1. The van der Waals surface area contributed by atoms with Crippen LogP contribution >= 0.6 is 27.5 Å². The molecular weight excluding hydrogens is 328 g/mol. The van der Waals surface area contributed by atoms with Crippen LogP contribution in [0.2, 0.25) is 0 Å². The van der Waals surface area contributed by atoms with E-state index in [1.807, 2.05) is 26.8 Å². The number of anilines is 1. The zero-order chi connectivity index (χ0) is 14.0.